The van der Waals surface area contributed by atoms with Crippen LogP contribution in [0.15, 0.2) is 18.5 Å². The van der Waals surface area contributed by atoms with E-state index in [1.54, 1.807) is 13.3 Å². The summed E-state index contributed by atoms with van der Waals surface area (Å²) in [5.41, 5.74) is 6.84. The summed E-state index contributed by atoms with van der Waals surface area (Å²) in [5, 5.41) is 0. The van der Waals surface area contributed by atoms with Crippen LogP contribution in [0.1, 0.15) is 17.9 Å². The summed E-state index contributed by atoms with van der Waals surface area (Å²) >= 11 is 0. The van der Waals surface area contributed by atoms with Crippen LogP contribution >= 0.6 is 0 Å². The molecule has 1 heterocycles. The Morgan fingerprint density at radius 2 is 2.46 bits per heavy atom. The zero-order chi connectivity index (χ0) is 9.26. The van der Waals surface area contributed by atoms with Crippen LogP contribution in [-0.2, 0) is 0 Å². The van der Waals surface area contributed by atoms with Gasteiger partial charge in [0.1, 0.15) is 5.75 Å². The molecule has 1 aromatic heterocycles. The molecule has 0 unspecified atom stereocenters. The third kappa shape index (κ3) is 1.65. The second kappa shape index (κ2) is 3.34. The third-order valence-electron chi connectivity index (χ3n) is 2.62. The van der Waals surface area contributed by atoms with Crippen LogP contribution in [-0.4, -0.2) is 18.6 Å². The Bertz CT molecular complexity index is 301. The van der Waals surface area contributed by atoms with Gasteiger partial charge in [-0.15, -0.1) is 0 Å². The number of hydrogen-bond acceptors (Lipinski definition) is 3. The fraction of sp³-hybridized carbons (Fsp3) is 0.500. The average Bonchev–Trinajstić information content (AvgIpc) is 2.97. The molecule has 3 heteroatoms. The molecule has 2 atom stereocenters. The van der Waals surface area contributed by atoms with Crippen LogP contribution in [0.4, 0.5) is 0 Å². The molecule has 13 heavy (non-hydrogen) atoms. The molecule has 0 radical (unpaired) electrons. The number of ether oxygens (including phenoxy) is 1. The maximum atomic E-state index is 5.58. The largest absolute Gasteiger partial charge is 0.495 e. The molecule has 2 N–H and O–H groups in total. The lowest BCUT2D eigenvalue weighted by molar-refractivity contribution is 0.412. The van der Waals surface area contributed by atoms with Gasteiger partial charge in [0.05, 0.1) is 13.3 Å². The SMILES string of the molecule is COc1cncc([C@@H]2C[C@H]2CN)c1. The molecule has 0 aromatic carbocycles. The van der Waals surface area contributed by atoms with E-state index < -0.39 is 0 Å². The highest BCUT2D eigenvalue weighted by molar-refractivity contribution is 5.30. The van der Waals surface area contributed by atoms with Gasteiger partial charge in [0.2, 0.25) is 0 Å². The summed E-state index contributed by atoms with van der Waals surface area (Å²) < 4.78 is 5.11. The predicted molar refractivity (Wildman–Crippen MR) is 50.7 cm³/mol. The fourth-order valence-electron chi connectivity index (χ4n) is 1.67. The smallest absolute Gasteiger partial charge is 0.137 e. The number of nitrogens with two attached hydrogens (primary N) is 1. The van der Waals surface area contributed by atoms with E-state index in [2.05, 4.69) is 4.98 Å². The number of aromatic nitrogens is 1. The third-order valence-corrected chi connectivity index (χ3v) is 2.62. The van der Waals surface area contributed by atoms with Gasteiger partial charge in [0.25, 0.3) is 0 Å². The van der Waals surface area contributed by atoms with Crippen LogP contribution in [0.2, 0.25) is 0 Å². The Hall–Kier alpha value is -1.09. The summed E-state index contributed by atoms with van der Waals surface area (Å²) in [4.78, 5) is 4.12. The van der Waals surface area contributed by atoms with Crippen LogP contribution in [0.25, 0.3) is 0 Å². The topological polar surface area (TPSA) is 48.1 Å². The second-order valence-electron chi connectivity index (χ2n) is 3.50. The standard InChI is InChI=1S/C10H14N2O/c1-13-9-2-8(5-12-6-9)10-3-7(10)4-11/h2,5-7,10H,3-4,11H2,1H3/t7-,10+/m0/s1. The molecule has 0 amide bonds. The Balaban J connectivity index is 2.13. The molecule has 1 aliphatic rings. The molecule has 1 aromatic rings. The van der Waals surface area contributed by atoms with Crippen molar-refractivity contribution in [3.63, 3.8) is 0 Å². The van der Waals surface area contributed by atoms with E-state index in [-0.39, 0.29) is 0 Å². The molecule has 0 bridgehead atoms. The molecular weight excluding hydrogens is 164 g/mol. The molecule has 1 aliphatic carbocycles. The molecular formula is C10H14N2O. The van der Waals surface area contributed by atoms with Crippen LogP contribution in [0.3, 0.4) is 0 Å². The summed E-state index contributed by atoms with van der Waals surface area (Å²) in [6.07, 6.45) is 4.83. The lowest BCUT2D eigenvalue weighted by Crippen LogP contribution is -2.02. The monoisotopic (exact) mass is 178 g/mol. The van der Waals surface area contributed by atoms with Gasteiger partial charge in [-0.05, 0) is 36.4 Å². The van der Waals surface area contributed by atoms with Crippen LogP contribution < -0.4 is 10.5 Å². The molecule has 0 saturated heterocycles. The van der Waals surface area contributed by atoms with Crippen molar-refractivity contribution in [3.05, 3.63) is 24.0 Å². The zero-order valence-electron chi connectivity index (χ0n) is 7.73. The van der Waals surface area contributed by atoms with E-state index in [0.717, 1.165) is 12.3 Å². The number of pyridine rings is 1. The van der Waals surface area contributed by atoms with Gasteiger partial charge in [0, 0.05) is 6.20 Å². The van der Waals surface area contributed by atoms with Gasteiger partial charge in [-0.1, -0.05) is 0 Å². The first-order valence-corrected chi connectivity index (χ1v) is 4.54. The first-order valence-electron chi connectivity index (χ1n) is 4.54. The minimum atomic E-state index is 0.618. The minimum absolute atomic E-state index is 0.618. The first kappa shape index (κ1) is 8.51. The summed E-state index contributed by atoms with van der Waals surface area (Å²) in [6, 6.07) is 2.05. The number of methoxy groups -OCH3 is 1. The van der Waals surface area contributed by atoms with Crippen molar-refractivity contribution in [1.82, 2.24) is 4.98 Å². The number of rotatable bonds is 3. The lowest BCUT2D eigenvalue weighted by Gasteiger charge is -2.02. The summed E-state index contributed by atoms with van der Waals surface area (Å²) in [6.45, 7) is 0.780. The summed E-state index contributed by atoms with van der Waals surface area (Å²) in [5.74, 6) is 2.11. The molecule has 70 valence electrons. The van der Waals surface area contributed by atoms with Gasteiger partial charge in [-0.2, -0.15) is 0 Å². The highest BCUT2D eigenvalue weighted by Crippen LogP contribution is 2.46. The van der Waals surface area contributed by atoms with E-state index in [0.29, 0.717) is 11.8 Å². The number of nitrogens with zero attached hydrogens (tertiary/aromatic N) is 1. The maximum absolute atomic E-state index is 5.58. The normalized spacial score (nSPS) is 25.7. The minimum Gasteiger partial charge on any atom is -0.495 e. The maximum Gasteiger partial charge on any atom is 0.137 e. The predicted octanol–water partition coefficient (Wildman–Crippen LogP) is 1.15. The van der Waals surface area contributed by atoms with Gasteiger partial charge >= 0.3 is 0 Å². The molecule has 0 aliphatic heterocycles. The van der Waals surface area contributed by atoms with E-state index in [4.69, 9.17) is 10.5 Å². The van der Waals surface area contributed by atoms with Crippen molar-refractivity contribution >= 4 is 0 Å². The Morgan fingerprint density at radius 3 is 3.08 bits per heavy atom. The van der Waals surface area contributed by atoms with Crippen molar-refractivity contribution < 1.29 is 4.74 Å². The lowest BCUT2D eigenvalue weighted by atomic mass is 10.1. The van der Waals surface area contributed by atoms with Crippen molar-refractivity contribution in [1.29, 1.82) is 0 Å². The Morgan fingerprint density at radius 1 is 1.62 bits per heavy atom. The molecule has 1 fully saturated rings. The second-order valence-corrected chi connectivity index (χ2v) is 3.50. The van der Waals surface area contributed by atoms with Crippen molar-refractivity contribution in [2.24, 2.45) is 11.7 Å². The zero-order valence-corrected chi connectivity index (χ0v) is 7.73. The van der Waals surface area contributed by atoms with Gasteiger partial charge in [-0.3, -0.25) is 4.98 Å². The van der Waals surface area contributed by atoms with E-state index in [1.807, 2.05) is 12.3 Å². The van der Waals surface area contributed by atoms with E-state index >= 15 is 0 Å². The Labute approximate surface area is 77.9 Å². The summed E-state index contributed by atoms with van der Waals surface area (Å²) in [7, 11) is 1.66. The van der Waals surface area contributed by atoms with Crippen LogP contribution in [0, 0.1) is 5.92 Å². The average molecular weight is 178 g/mol. The van der Waals surface area contributed by atoms with Gasteiger partial charge in [-0.25, -0.2) is 0 Å². The number of hydrogen-bond donors (Lipinski definition) is 1. The fourth-order valence-corrected chi connectivity index (χ4v) is 1.67. The van der Waals surface area contributed by atoms with Crippen molar-refractivity contribution in [2.45, 2.75) is 12.3 Å². The quantitative estimate of drug-likeness (QED) is 0.755. The van der Waals surface area contributed by atoms with Crippen molar-refractivity contribution in [2.75, 3.05) is 13.7 Å². The first-order chi connectivity index (χ1) is 6.35. The van der Waals surface area contributed by atoms with E-state index in [9.17, 15) is 0 Å². The highest BCUT2D eigenvalue weighted by Gasteiger charge is 2.37. The molecule has 2 rings (SSSR count). The van der Waals surface area contributed by atoms with Gasteiger partial charge < -0.3 is 10.5 Å². The highest BCUT2D eigenvalue weighted by atomic mass is 16.5. The molecule has 1 saturated carbocycles. The molecule has 0 spiro atoms. The van der Waals surface area contributed by atoms with Crippen molar-refractivity contribution in [3.8, 4) is 5.75 Å². The molecule has 3 nitrogen and oxygen atoms in total. The van der Waals surface area contributed by atoms with Gasteiger partial charge in [0.15, 0.2) is 0 Å². The van der Waals surface area contributed by atoms with Crippen LogP contribution in [0.5, 0.6) is 5.75 Å². The van der Waals surface area contributed by atoms with E-state index in [1.165, 1.54) is 12.0 Å². The Kier molecular flexibility index (Phi) is 2.19.